The first-order valence-corrected chi connectivity index (χ1v) is 6.72. The smallest absolute Gasteiger partial charge is 0.393 e. The molecule has 0 spiro atoms. The third-order valence-corrected chi connectivity index (χ3v) is 2.90. The molecule has 0 aliphatic carbocycles. The maximum absolute atomic E-state index is 12.8. The van der Waals surface area contributed by atoms with Gasteiger partial charge < -0.3 is 20.6 Å². The molecule has 0 saturated carbocycles. The molecule has 8 heteroatoms. The van der Waals surface area contributed by atoms with E-state index in [1.54, 1.807) is 25.9 Å². The van der Waals surface area contributed by atoms with E-state index in [0.29, 0.717) is 12.1 Å². The SMILES string of the molecule is CC(O)CCNC(=O)Nc1cc(C(F)(F)F)ccc1N(C)C. The number of hydrogen-bond acceptors (Lipinski definition) is 3. The second-order valence-electron chi connectivity index (χ2n) is 5.14. The molecule has 1 unspecified atom stereocenters. The number of carbonyl (C=O) groups is 1. The van der Waals surface area contributed by atoms with Gasteiger partial charge in [-0.3, -0.25) is 0 Å². The van der Waals surface area contributed by atoms with Gasteiger partial charge in [0.1, 0.15) is 0 Å². The molecule has 3 N–H and O–H groups in total. The van der Waals surface area contributed by atoms with E-state index in [1.807, 2.05) is 0 Å². The van der Waals surface area contributed by atoms with Crippen LogP contribution >= 0.6 is 0 Å². The number of halogens is 3. The summed E-state index contributed by atoms with van der Waals surface area (Å²) < 4.78 is 38.3. The summed E-state index contributed by atoms with van der Waals surface area (Å²) in [4.78, 5) is 13.3. The molecular weight excluding hydrogens is 299 g/mol. The molecule has 1 aromatic carbocycles. The molecule has 0 bridgehead atoms. The number of alkyl halides is 3. The summed E-state index contributed by atoms with van der Waals surface area (Å²) in [5, 5.41) is 14.0. The molecular formula is C14H20F3N3O2. The maximum atomic E-state index is 12.8. The number of aliphatic hydroxyl groups excluding tert-OH is 1. The number of carbonyl (C=O) groups excluding carboxylic acids is 1. The molecule has 1 rings (SSSR count). The number of hydrogen-bond donors (Lipinski definition) is 3. The minimum Gasteiger partial charge on any atom is -0.393 e. The lowest BCUT2D eigenvalue weighted by Gasteiger charge is -2.20. The highest BCUT2D eigenvalue weighted by atomic mass is 19.4. The molecule has 124 valence electrons. The lowest BCUT2D eigenvalue weighted by atomic mass is 10.1. The Morgan fingerprint density at radius 1 is 1.36 bits per heavy atom. The second kappa shape index (κ2) is 7.35. The third kappa shape index (κ3) is 5.44. The molecule has 0 aliphatic heterocycles. The van der Waals surface area contributed by atoms with Crippen LogP contribution in [0.15, 0.2) is 18.2 Å². The summed E-state index contributed by atoms with van der Waals surface area (Å²) in [7, 11) is 3.33. The van der Waals surface area contributed by atoms with Crippen molar-refractivity contribution in [2.75, 3.05) is 30.9 Å². The standard InChI is InChI=1S/C14H20F3N3O2/c1-9(21)6-7-18-13(22)19-11-8-10(14(15,16)17)4-5-12(11)20(2)3/h4-5,8-9,21H,6-7H2,1-3H3,(H2,18,19,22). The Bertz CT molecular complexity index is 517. The highest BCUT2D eigenvalue weighted by molar-refractivity contribution is 5.93. The Labute approximate surface area is 127 Å². The predicted molar refractivity (Wildman–Crippen MR) is 79.1 cm³/mol. The van der Waals surface area contributed by atoms with Crippen LogP contribution in [0.1, 0.15) is 18.9 Å². The molecule has 0 aliphatic rings. The van der Waals surface area contributed by atoms with Crippen molar-refractivity contribution in [1.82, 2.24) is 5.32 Å². The summed E-state index contributed by atoms with van der Waals surface area (Å²) in [6.45, 7) is 1.80. The van der Waals surface area contributed by atoms with Crippen LogP contribution < -0.4 is 15.5 Å². The van der Waals surface area contributed by atoms with Crippen molar-refractivity contribution in [2.24, 2.45) is 0 Å². The van der Waals surface area contributed by atoms with Gasteiger partial charge in [-0.15, -0.1) is 0 Å². The average molecular weight is 319 g/mol. The van der Waals surface area contributed by atoms with Crippen molar-refractivity contribution < 1.29 is 23.1 Å². The van der Waals surface area contributed by atoms with Crippen molar-refractivity contribution in [3.8, 4) is 0 Å². The fourth-order valence-electron chi connectivity index (χ4n) is 1.76. The summed E-state index contributed by atoms with van der Waals surface area (Å²) in [6.07, 6.45) is -4.69. The largest absolute Gasteiger partial charge is 0.416 e. The van der Waals surface area contributed by atoms with Crippen LogP contribution in [-0.2, 0) is 6.18 Å². The third-order valence-electron chi connectivity index (χ3n) is 2.90. The first kappa shape index (κ1) is 18.1. The van der Waals surface area contributed by atoms with Gasteiger partial charge in [-0.05, 0) is 31.5 Å². The number of urea groups is 1. The van der Waals surface area contributed by atoms with E-state index in [2.05, 4.69) is 10.6 Å². The quantitative estimate of drug-likeness (QED) is 0.782. The number of nitrogens with one attached hydrogen (secondary N) is 2. The van der Waals surface area contributed by atoms with Crippen LogP contribution in [0.4, 0.5) is 29.3 Å². The molecule has 0 aromatic heterocycles. The number of benzene rings is 1. The highest BCUT2D eigenvalue weighted by Gasteiger charge is 2.31. The number of rotatable bonds is 5. The van der Waals surface area contributed by atoms with Crippen molar-refractivity contribution >= 4 is 17.4 Å². The first-order chi connectivity index (χ1) is 10.1. The Morgan fingerprint density at radius 3 is 2.50 bits per heavy atom. The average Bonchev–Trinajstić information content (AvgIpc) is 2.36. The van der Waals surface area contributed by atoms with Gasteiger partial charge in [0.25, 0.3) is 0 Å². The van der Waals surface area contributed by atoms with Gasteiger partial charge in [0.05, 0.1) is 23.0 Å². The zero-order valence-electron chi connectivity index (χ0n) is 12.7. The number of aliphatic hydroxyl groups is 1. The topological polar surface area (TPSA) is 64.6 Å². The van der Waals surface area contributed by atoms with E-state index in [0.717, 1.165) is 12.1 Å². The number of amides is 2. The van der Waals surface area contributed by atoms with Crippen LogP contribution in [0.25, 0.3) is 0 Å². The van der Waals surface area contributed by atoms with E-state index >= 15 is 0 Å². The summed E-state index contributed by atoms with van der Waals surface area (Å²) in [5.74, 6) is 0. The molecule has 0 saturated heterocycles. The molecule has 22 heavy (non-hydrogen) atoms. The van der Waals surface area contributed by atoms with Crippen molar-refractivity contribution in [3.05, 3.63) is 23.8 Å². The zero-order valence-corrected chi connectivity index (χ0v) is 12.7. The van der Waals surface area contributed by atoms with Crippen LogP contribution in [-0.4, -0.2) is 37.9 Å². The monoisotopic (exact) mass is 319 g/mol. The van der Waals surface area contributed by atoms with Gasteiger partial charge >= 0.3 is 12.2 Å². The molecule has 0 radical (unpaired) electrons. The van der Waals surface area contributed by atoms with Crippen molar-refractivity contribution in [3.63, 3.8) is 0 Å². The van der Waals surface area contributed by atoms with Gasteiger partial charge in [-0.25, -0.2) is 4.79 Å². The van der Waals surface area contributed by atoms with Crippen LogP contribution in [0, 0.1) is 0 Å². The number of anilines is 2. The number of nitrogens with zero attached hydrogens (tertiary/aromatic N) is 1. The van der Waals surface area contributed by atoms with E-state index in [9.17, 15) is 18.0 Å². The Hall–Kier alpha value is -1.96. The van der Waals surface area contributed by atoms with E-state index < -0.39 is 23.9 Å². The molecule has 0 heterocycles. The van der Waals surface area contributed by atoms with Gasteiger partial charge in [0.15, 0.2) is 0 Å². The minimum atomic E-state index is -4.48. The predicted octanol–water partition coefficient (Wildman–Crippen LogP) is 2.66. The summed E-state index contributed by atoms with van der Waals surface area (Å²) >= 11 is 0. The molecule has 2 amide bonds. The van der Waals surface area contributed by atoms with Crippen LogP contribution in [0.2, 0.25) is 0 Å². The van der Waals surface area contributed by atoms with Gasteiger partial charge in [-0.2, -0.15) is 13.2 Å². The Morgan fingerprint density at radius 2 is 2.00 bits per heavy atom. The fourth-order valence-corrected chi connectivity index (χ4v) is 1.76. The second-order valence-corrected chi connectivity index (χ2v) is 5.14. The van der Waals surface area contributed by atoms with E-state index in [1.165, 1.54) is 6.07 Å². The normalized spacial score (nSPS) is 12.7. The fraction of sp³-hybridized carbons (Fsp3) is 0.500. The highest BCUT2D eigenvalue weighted by Crippen LogP contribution is 2.34. The molecule has 1 atom stereocenters. The lowest BCUT2D eigenvalue weighted by Crippen LogP contribution is -2.31. The summed E-state index contributed by atoms with van der Waals surface area (Å²) in [5.41, 5.74) is -0.314. The lowest BCUT2D eigenvalue weighted by molar-refractivity contribution is -0.137. The summed E-state index contributed by atoms with van der Waals surface area (Å²) in [6, 6.07) is 2.53. The van der Waals surface area contributed by atoms with Crippen LogP contribution in [0.5, 0.6) is 0 Å². The van der Waals surface area contributed by atoms with Crippen molar-refractivity contribution in [1.29, 1.82) is 0 Å². The van der Waals surface area contributed by atoms with Gasteiger partial charge in [0.2, 0.25) is 0 Å². The van der Waals surface area contributed by atoms with Crippen LogP contribution in [0.3, 0.4) is 0 Å². The molecule has 0 fully saturated rings. The van der Waals surface area contributed by atoms with E-state index in [4.69, 9.17) is 5.11 Å². The Kier molecular flexibility index (Phi) is 6.04. The maximum Gasteiger partial charge on any atom is 0.416 e. The minimum absolute atomic E-state index is 0.0642. The van der Waals surface area contributed by atoms with Gasteiger partial charge in [-0.1, -0.05) is 0 Å². The van der Waals surface area contributed by atoms with Gasteiger partial charge in [0, 0.05) is 20.6 Å². The first-order valence-electron chi connectivity index (χ1n) is 6.72. The molecule has 1 aromatic rings. The Balaban J connectivity index is 2.88. The van der Waals surface area contributed by atoms with E-state index in [-0.39, 0.29) is 12.2 Å². The van der Waals surface area contributed by atoms with Crippen molar-refractivity contribution in [2.45, 2.75) is 25.6 Å². The molecule has 5 nitrogen and oxygen atoms in total. The zero-order chi connectivity index (χ0) is 16.9.